The first-order valence-electron chi connectivity index (χ1n) is 5.68. The van der Waals surface area contributed by atoms with Crippen LogP contribution in [0.3, 0.4) is 0 Å². The lowest BCUT2D eigenvalue weighted by Gasteiger charge is -2.14. The van der Waals surface area contributed by atoms with Crippen LogP contribution in [-0.2, 0) is 0 Å². The number of benzene rings is 1. The predicted octanol–water partition coefficient (Wildman–Crippen LogP) is 3.30. The maximum atomic E-state index is 5.20. The van der Waals surface area contributed by atoms with E-state index in [1.165, 1.54) is 24.9 Å². The molecule has 0 unspecified atom stereocenters. The lowest BCUT2D eigenvalue weighted by molar-refractivity contribution is 0.415. The number of anilines is 1. The summed E-state index contributed by atoms with van der Waals surface area (Å²) in [5.74, 6) is 1.79. The molecule has 2 nitrogen and oxygen atoms in total. The van der Waals surface area contributed by atoms with Crippen LogP contribution in [0, 0.1) is 5.92 Å². The first-order chi connectivity index (χ1) is 7.28. The number of hydrogen-bond acceptors (Lipinski definition) is 2. The molecule has 0 saturated heterocycles. The highest BCUT2D eigenvalue weighted by molar-refractivity contribution is 5.48. The van der Waals surface area contributed by atoms with Crippen LogP contribution in [0.15, 0.2) is 24.3 Å². The van der Waals surface area contributed by atoms with E-state index in [9.17, 15) is 0 Å². The Bertz CT molecular complexity index is 324. The van der Waals surface area contributed by atoms with E-state index in [-0.39, 0.29) is 0 Å². The van der Waals surface area contributed by atoms with E-state index in [4.69, 9.17) is 4.74 Å². The van der Waals surface area contributed by atoms with Gasteiger partial charge in [0.1, 0.15) is 5.75 Å². The molecule has 2 atom stereocenters. The van der Waals surface area contributed by atoms with Gasteiger partial charge in [-0.05, 0) is 37.3 Å². The SMILES string of the molecule is COc1cccc(N[C@@H]2CC[C@@H](C)C2)c1. The highest BCUT2D eigenvalue weighted by Gasteiger charge is 2.20. The van der Waals surface area contributed by atoms with Crippen molar-refractivity contribution in [3.8, 4) is 5.75 Å². The van der Waals surface area contributed by atoms with E-state index in [0.29, 0.717) is 6.04 Å². The van der Waals surface area contributed by atoms with Gasteiger partial charge in [-0.25, -0.2) is 0 Å². The zero-order valence-corrected chi connectivity index (χ0v) is 9.49. The lowest BCUT2D eigenvalue weighted by Crippen LogP contribution is -2.15. The van der Waals surface area contributed by atoms with Crippen LogP contribution < -0.4 is 10.1 Å². The van der Waals surface area contributed by atoms with Crippen molar-refractivity contribution in [3.05, 3.63) is 24.3 Å². The second kappa shape index (κ2) is 4.56. The van der Waals surface area contributed by atoms with Crippen LogP contribution in [0.2, 0.25) is 0 Å². The summed E-state index contributed by atoms with van der Waals surface area (Å²) in [6.45, 7) is 2.33. The van der Waals surface area contributed by atoms with Gasteiger partial charge in [0.15, 0.2) is 0 Å². The van der Waals surface area contributed by atoms with Crippen molar-refractivity contribution in [2.24, 2.45) is 5.92 Å². The monoisotopic (exact) mass is 205 g/mol. The van der Waals surface area contributed by atoms with Crippen molar-refractivity contribution in [2.45, 2.75) is 32.2 Å². The molecule has 1 aliphatic rings. The molecule has 1 aromatic rings. The third-order valence-electron chi connectivity index (χ3n) is 3.14. The normalized spacial score (nSPS) is 25.2. The fourth-order valence-corrected chi connectivity index (χ4v) is 2.29. The van der Waals surface area contributed by atoms with Gasteiger partial charge in [0, 0.05) is 17.8 Å². The molecule has 1 N–H and O–H groups in total. The summed E-state index contributed by atoms with van der Waals surface area (Å²) in [4.78, 5) is 0. The van der Waals surface area contributed by atoms with Gasteiger partial charge in [-0.3, -0.25) is 0 Å². The molecule has 15 heavy (non-hydrogen) atoms. The van der Waals surface area contributed by atoms with E-state index in [0.717, 1.165) is 11.7 Å². The maximum absolute atomic E-state index is 5.20. The fourth-order valence-electron chi connectivity index (χ4n) is 2.29. The zero-order chi connectivity index (χ0) is 10.7. The van der Waals surface area contributed by atoms with E-state index < -0.39 is 0 Å². The van der Waals surface area contributed by atoms with Gasteiger partial charge in [0.05, 0.1) is 7.11 Å². The highest BCUT2D eigenvalue weighted by atomic mass is 16.5. The minimum Gasteiger partial charge on any atom is -0.497 e. The van der Waals surface area contributed by atoms with Crippen molar-refractivity contribution in [1.29, 1.82) is 0 Å². The summed E-state index contributed by atoms with van der Waals surface area (Å²) in [5, 5.41) is 3.57. The quantitative estimate of drug-likeness (QED) is 0.817. The summed E-state index contributed by atoms with van der Waals surface area (Å²) in [7, 11) is 1.71. The Hall–Kier alpha value is -1.18. The van der Waals surface area contributed by atoms with Crippen LogP contribution in [-0.4, -0.2) is 13.2 Å². The summed E-state index contributed by atoms with van der Waals surface area (Å²) in [6, 6.07) is 8.81. The van der Waals surface area contributed by atoms with Gasteiger partial charge in [0.2, 0.25) is 0 Å². The van der Waals surface area contributed by atoms with Crippen molar-refractivity contribution >= 4 is 5.69 Å². The van der Waals surface area contributed by atoms with Gasteiger partial charge >= 0.3 is 0 Å². The van der Waals surface area contributed by atoms with Crippen LogP contribution in [0.1, 0.15) is 26.2 Å². The Balaban J connectivity index is 1.98. The molecular weight excluding hydrogens is 186 g/mol. The molecule has 0 aliphatic heterocycles. The molecule has 82 valence electrons. The smallest absolute Gasteiger partial charge is 0.120 e. The molecule has 1 aromatic carbocycles. The summed E-state index contributed by atoms with van der Waals surface area (Å²) < 4.78 is 5.20. The van der Waals surface area contributed by atoms with Crippen molar-refractivity contribution in [1.82, 2.24) is 0 Å². The molecule has 0 amide bonds. The average Bonchev–Trinajstić information content (AvgIpc) is 2.64. The van der Waals surface area contributed by atoms with Crippen LogP contribution in [0.25, 0.3) is 0 Å². The van der Waals surface area contributed by atoms with Gasteiger partial charge in [-0.2, -0.15) is 0 Å². The van der Waals surface area contributed by atoms with Crippen LogP contribution in [0.4, 0.5) is 5.69 Å². The Kier molecular flexibility index (Phi) is 3.14. The molecular formula is C13H19NO. The number of rotatable bonds is 3. The number of hydrogen-bond donors (Lipinski definition) is 1. The topological polar surface area (TPSA) is 21.3 Å². The van der Waals surface area contributed by atoms with E-state index in [1.54, 1.807) is 7.11 Å². The van der Waals surface area contributed by atoms with Crippen LogP contribution >= 0.6 is 0 Å². The molecule has 0 heterocycles. The molecule has 0 aromatic heterocycles. The maximum Gasteiger partial charge on any atom is 0.120 e. The van der Waals surface area contributed by atoms with E-state index in [2.05, 4.69) is 24.4 Å². The summed E-state index contributed by atoms with van der Waals surface area (Å²) >= 11 is 0. The predicted molar refractivity (Wildman–Crippen MR) is 63.4 cm³/mol. The lowest BCUT2D eigenvalue weighted by atomic mass is 10.1. The van der Waals surface area contributed by atoms with Crippen molar-refractivity contribution < 1.29 is 4.74 Å². The molecule has 0 bridgehead atoms. The Morgan fingerprint density at radius 3 is 2.87 bits per heavy atom. The van der Waals surface area contributed by atoms with Gasteiger partial charge < -0.3 is 10.1 Å². The van der Waals surface area contributed by atoms with E-state index in [1.807, 2.05) is 12.1 Å². The minimum absolute atomic E-state index is 0.645. The number of ether oxygens (including phenoxy) is 1. The molecule has 0 radical (unpaired) electrons. The molecule has 1 fully saturated rings. The van der Waals surface area contributed by atoms with Gasteiger partial charge in [0.25, 0.3) is 0 Å². The third kappa shape index (κ3) is 2.65. The number of methoxy groups -OCH3 is 1. The average molecular weight is 205 g/mol. The van der Waals surface area contributed by atoms with Crippen LogP contribution in [0.5, 0.6) is 5.75 Å². The highest BCUT2D eigenvalue weighted by Crippen LogP contribution is 2.28. The molecule has 2 heteroatoms. The third-order valence-corrected chi connectivity index (χ3v) is 3.14. The van der Waals surface area contributed by atoms with Crippen molar-refractivity contribution in [2.75, 3.05) is 12.4 Å². The number of nitrogens with one attached hydrogen (secondary N) is 1. The summed E-state index contributed by atoms with van der Waals surface area (Å²) in [6.07, 6.45) is 3.93. The first-order valence-corrected chi connectivity index (χ1v) is 5.68. The standard InChI is InChI=1S/C13H19NO/c1-10-6-7-12(8-10)14-11-4-3-5-13(9-11)15-2/h3-5,9-10,12,14H,6-8H2,1-2H3/t10-,12-/m1/s1. The molecule has 1 aliphatic carbocycles. The van der Waals surface area contributed by atoms with E-state index >= 15 is 0 Å². The second-order valence-corrected chi connectivity index (χ2v) is 4.49. The molecule has 1 saturated carbocycles. The Morgan fingerprint density at radius 1 is 1.33 bits per heavy atom. The van der Waals surface area contributed by atoms with Crippen molar-refractivity contribution in [3.63, 3.8) is 0 Å². The van der Waals surface area contributed by atoms with Gasteiger partial charge in [-0.15, -0.1) is 0 Å². The minimum atomic E-state index is 0.645. The Morgan fingerprint density at radius 2 is 2.20 bits per heavy atom. The van der Waals surface area contributed by atoms with Gasteiger partial charge in [-0.1, -0.05) is 13.0 Å². The molecule has 0 spiro atoms. The largest absolute Gasteiger partial charge is 0.497 e. The second-order valence-electron chi connectivity index (χ2n) is 4.49. The fraction of sp³-hybridized carbons (Fsp3) is 0.538. The zero-order valence-electron chi connectivity index (χ0n) is 9.49. The first kappa shape index (κ1) is 10.3. The Labute approximate surface area is 91.6 Å². The summed E-state index contributed by atoms with van der Waals surface area (Å²) in [5.41, 5.74) is 1.17. The molecule has 2 rings (SSSR count).